The van der Waals surface area contributed by atoms with E-state index in [1.54, 1.807) is 0 Å². The zero-order valence-corrected chi connectivity index (χ0v) is 21.7. The van der Waals surface area contributed by atoms with E-state index in [0.717, 1.165) is 49.5 Å². The lowest BCUT2D eigenvalue weighted by atomic mass is 9.94. The van der Waals surface area contributed by atoms with Crippen LogP contribution < -0.4 is 10.9 Å². The monoisotopic (exact) mass is 528 g/mol. The van der Waals surface area contributed by atoms with E-state index in [-0.39, 0.29) is 12.2 Å². The van der Waals surface area contributed by atoms with Crippen molar-refractivity contribution in [3.05, 3.63) is 93.2 Å². The summed E-state index contributed by atoms with van der Waals surface area (Å²) in [6, 6.07) is 16.0. The van der Waals surface area contributed by atoms with Crippen LogP contribution in [0.25, 0.3) is 0 Å². The van der Waals surface area contributed by atoms with E-state index in [4.69, 9.17) is 4.74 Å². The molecule has 1 saturated carbocycles. The molecular weight excluding hydrogens is 496 g/mol. The van der Waals surface area contributed by atoms with Crippen molar-refractivity contribution >= 4 is 5.91 Å². The highest BCUT2D eigenvalue weighted by Gasteiger charge is 2.48. The number of aromatic amines is 1. The minimum atomic E-state index is -1.31. The first-order valence-electron chi connectivity index (χ1n) is 13.2. The Morgan fingerprint density at radius 2 is 1.67 bits per heavy atom. The summed E-state index contributed by atoms with van der Waals surface area (Å²) in [7, 11) is 0. The quantitative estimate of drug-likeness (QED) is 0.328. The lowest BCUT2D eigenvalue weighted by molar-refractivity contribution is -0.131. The number of rotatable bonds is 8. The number of hydrogen-bond donors (Lipinski definition) is 4. The van der Waals surface area contributed by atoms with Crippen molar-refractivity contribution in [1.29, 1.82) is 0 Å². The van der Waals surface area contributed by atoms with Gasteiger partial charge in [-0.05, 0) is 54.7 Å². The third-order valence-corrected chi connectivity index (χ3v) is 7.15. The number of morpholine rings is 1. The highest BCUT2D eigenvalue weighted by atomic mass is 16.5. The number of ether oxygens (including phenoxy) is 1. The van der Waals surface area contributed by atoms with Gasteiger partial charge in [0, 0.05) is 43.2 Å². The lowest BCUT2D eigenvalue weighted by Crippen LogP contribution is -2.39. The number of nitrogens with one attached hydrogen (secondary N) is 2. The molecule has 2 aromatic carbocycles. The van der Waals surface area contributed by atoms with Crippen molar-refractivity contribution in [3.8, 4) is 17.6 Å². The minimum Gasteiger partial charge on any atom is -0.502 e. The fourth-order valence-corrected chi connectivity index (χ4v) is 4.56. The topological polar surface area (TPSA) is 128 Å². The summed E-state index contributed by atoms with van der Waals surface area (Å²) in [5.74, 6) is 5.02. The summed E-state index contributed by atoms with van der Waals surface area (Å²) < 4.78 is 5.41. The molecule has 0 radical (unpaired) electrons. The van der Waals surface area contributed by atoms with Crippen LogP contribution in [0.4, 0.5) is 0 Å². The number of nitrogens with zero attached hydrogens (tertiary/aromatic N) is 2. The van der Waals surface area contributed by atoms with Gasteiger partial charge in [-0.2, -0.15) is 0 Å². The van der Waals surface area contributed by atoms with Crippen LogP contribution in [0.15, 0.2) is 59.7 Å². The van der Waals surface area contributed by atoms with Gasteiger partial charge in [-0.1, -0.05) is 36.1 Å². The van der Waals surface area contributed by atoms with Crippen LogP contribution in [0.1, 0.15) is 46.7 Å². The van der Waals surface area contributed by atoms with Crippen LogP contribution >= 0.6 is 0 Å². The summed E-state index contributed by atoms with van der Waals surface area (Å²) >= 11 is 0. The van der Waals surface area contributed by atoms with Crippen molar-refractivity contribution < 1.29 is 19.7 Å². The molecule has 1 aliphatic carbocycles. The molecule has 2 fully saturated rings. The van der Waals surface area contributed by atoms with Crippen LogP contribution in [-0.2, 0) is 22.5 Å². The van der Waals surface area contributed by atoms with Crippen LogP contribution in [-0.4, -0.2) is 69.4 Å². The van der Waals surface area contributed by atoms with Crippen molar-refractivity contribution in [3.63, 3.8) is 0 Å². The first-order chi connectivity index (χ1) is 18.9. The van der Waals surface area contributed by atoms with Gasteiger partial charge >= 0.3 is 0 Å². The number of H-pyrrole nitrogens is 1. The molecule has 202 valence electrons. The molecule has 3 aromatic rings. The molecule has 4 N–H and O–H groups in total. The van der Waals surface area contributed by atoms with E-state index in [1.165, 1.54) is 11.9 Å². The smallest absolute Gasteiger partial charge is 0.293 e. The van der Waals surface area contributed by atoms with E-state index >= 15 is 0 Å². The average molecular weight is 529 g/mol. The normalized spacial score (nSPS) is 17.1. The summed E-state index contributed by atoms with van der Waals surface area (Å²) in [5.41, 5.74) is 2.23. The van der Waals surface area contributed by atoms with Crippen LogP contribution in [0.3, 0.4) is 0 Å². The van der Waals surface area contributed by atoms with E-state index in [1.807, 2.05) is 36.4 Å². The van der Waals surface area contributed by atoms with Gasteiger partial charge in [-0.15, -0.1) is 0 Å². The molecule has 2 heterocycles. The Balaban J connectivity index is 1.23. The Bertz CT molecular complexity index is 1410. The molecule has 0 spiro atoms. The first kappa shape index (κ1) is 26.6. The molecule has 1 atom stereocenters. The third-order valence-electron chi connectivity index (χ3n) is 7.15. The Kier molecular flexibility index (Phi) is 8.07. The van der Waals surface area contributed by atoms with Crippen molar-refractivity contribution in [2.75, 3.05) is 32.8 Å². The number of amides is 1. The zero-order valence-electron chi connectivity index (χ0n) is 21.7. The number of benzene rings is 2. The summed E-state index contributed by atoms with van der Waals surface area (Å²) in [5, 5.41) is 23.1. The van der Waals surface area contributed by atoms with Crippen molar-refractivity contribution in [1.82, 2.24) is 20.2 Å². The number of aromatic nitrogens is 2. The number of carbonyl (C=O) groups excluding carboxylic acids is 1. The Morgan fingerprint density at radius 1 is 1.05 bits per heavy atom. The first-order valence-corrected chi connectivity index (χ1v) is 13.2. The number of hydrogen-bond acceptors (Lipinski definition) is 7. The lowest BCUT2D eigenvalue weighted by Gasteiger charge is -2.26. The van der Waals surface area contributed by atoms with Gasteiger partial charge in [-0.25, -0.2) is 4.98 Å². The van der Waals surface area contributed by atoms with Gasteiger partial charge in [0.15, 0.2) is 0 Å². The maximum atomic E-state index is 12.3. The minimum absolute atomic E-state index is 0.119. The SMILES string of the molecule is O=C(NCC(Cc1ccc(C#Cc2ccc(CN3CCOCC3)cc2)cc1)c1nc[nH]c(=O)c1O)C1(O)CC1. The standard InChI is InChI=1S/C30H32N4O5/c35-27-26(32-20-33-28(27)36)25(18-31-29(37)30(38)11-12-30)17-23-7-3-21(4-8-23)1-2-22-5-9-24(10-6-22)19-34-13-15-39-16-14-34/h3-10,20,25,35,38H,11-19H2,(H,31,37)(H,32,33,36). The fourth-order valence-electron chi connectivity index (χ4n) is 4.56. The van der Waals surface area contributed by atoms with E-state index in [9.17, 15) is 19.8 Å². The van der Waals surface area contributed by atoms with Gasteiger partial charge in [0.1, 0.15) is 5.60 Å². The van der Waals surface area contributed by atoms with Crippen LogP contribution in [0.5, 0.6) is 5.75 Å². The molecule has 1 unspecified atom stereocenters. The van der Waals surface area contributed by atoms with Crippen molar-refractivity contribution in [2.45, 2.75) is 37.3 Å². The summed E-state index contributed by atoms with van der Waals surface area (Å²) in [4.78, 5) is 33.1. The Labute approximate surface area is 226 Å². The molecular formula is C30H32N4O5. The van der Waals surface area contributed by atoms with Crippen molar-refractivity contribution in [2.24, 2.45) is 0 Å². The molecule has 0 bridgehead atoms. The second-order valence-corrected chi connectivity index (χ2v) is 10.1. The Morgan fingerprint density at radius 3 is 2.28 bits per heavy atom. The number of aliphatic hydroxyl groups is 1. The molecule has 9 nitrogen and oxygen atoms in total. The molecule has 1 saturated heterocycles. The highest BCUT2D eigenvalue weighted by Crippen LogP contribution is 2.35. The molecule has 39 heavy (non-hydrogen) atoms. The summed E-state index contributed by atoms with van der Waals surface area (Å²) in [6.45, 7) is 4.52. The second-order valence-electron chi connectivity index (χ2n) is 10.1. The maximum Gasteiger partial charge on any atom is 0.293 e. The maximum absolute atomic E-state index is 12.3. The van der Waals surface area contributed by atoms with Gasteiger partial charge in [-0.3, -0.25) is 14.5 Å². The van der Waals surface area contributed by atoms with Gasteiger partial charge in [0.2, 0.25) is 5.75 Å². The Hall–Kier alpha value is -3.97. The van der Waals surface area contributed by atoms with Gasteiger partial charge in [0.25, 0.3) is 11.5 Å². The average Bonchev–Trinajstić information content (AvgIpc) is 3.72. The van der Waals surface area contributed by atoms with E-state index < -0.39 is 28.7 Å². The van der Waals surface area contributed by atoms with Crippen LogP contribution in [0.2, 0.25) is 0 Å². The number of aromatic hydroxyl groups is 1. The second kappa shape index (κ2) is 11.8. The van der Waals surface area contributed by atoms with Crippen LogP contribution in [0, 0.1) is 11.8 Å². The molecule has 2 aliphatic rings. The predicted molar refractivity (Wildman–Crippen MR) is 145 cm³/mol. The predicted octanol–water partition coefficient (Wildman–Crippen LogP) is 1.67. The van der Waals surface area contributed by atoms with E-state index in [2.05, 4.69) is 44.2 Å². The zero-order chi connectivity index (χ0) is 27.2. The van der Waals surface area contributed by atoms with Gasteiger partial charge < -0.3 is 25.3 Å². The molecule has 1 aromatic heterocycles. The van der Waals surface area contributed by atoms with E-state index in [0.29, 0.717) is 19.3 Å². The molecule has 1 aliphatic heterocycles. The van der Waals surface area contributed by atoms with Gasteiger partial charge in [0.05, 0.1) is 25.2 Å². The third kappa shape index (κ3) is 6.92. The highest BCUT2D eigenvalue weighted by molar-refractivity contribution is 5.87. The number of carbonyl (C=O) groups is 1. The molecule has 5 rings (SSSR count). The molecule has 9 heteroatoms. The fraction of sp³-hybridized carbons (Fsp3) is 0.367. The largest absolute Gasteiger partial charge is 0.502 e. The summed E-state index contributed by atoms with van der Waals surface area (Å²) in [6.07, 6.45) is 2.51. The molecule has 1 amide bonds.